The molecular weight excluding hydrogens is 207 g/mol. The zero-order valence-electron chi connectivity index (χ0n) is 7.44. The Balaban J connectivity index is 3.04. The summed E-state index contributed by atoms with van der Waals surface area (Å²) >= 11 is 11.6. The van der Waals surface area contributed by atoms with Gasteiger partial charge < -0.3 is 5.43 Å². The fraction of sp³-hybridized carbons (Fsp3) is 0.222. The lowest BCUT2D eigenvalue weighted by Crippen LogP contribution is -2.02. The second kappa shape index (κ2) is 4.49. The molecule has 70 valence electrons. The molecule has 0 spiro atoms. The van der Waals surface area contributed by atoms with Gasteiger partial charge in [0.05, 0.1) is 15.8 Å². The minimum absolute atomic E-state index is 0.546. The number of nitrogens with zero attached hydrogens (tertiary/aromatic N) is 1. The Bertz CT molecular complexity index is 334. The molecule has 4 heteroatoms. The molecule has 0 amide bonds. The van der Waals surface area contributed by atoms with E-state index in [0.717, 1.165) is 11.3 Å². The van der Waals surface area contributed by atoms with E-state index in [1.54, 1.807) is 19.2 Å². The van der Waals surface area contributed by atoms with E-state index in [1.807, 2.05) is 13.0 Å². The van der Waals surface area contributed by atoms with Crippen molar-refractivity contribution in [3.8, 4) is 0 Å². The smallest absolute Gasteiger partial charge is 0.0644 e. The highest BCUT2D eigenvalue weighted by Crippen LogP contribution is 2.22. The first-order valence-corrected chi connectivity index (χ1v) is 4.57. The zero-order chi connectivity index (χ0) is 9.84. The maximum Gasteiger partial charge on any atom is 0.0644 e. The summed E-state index contributed by atoms with van der Waals surface area (Å²) in [6.45, 7) is 1.90. The first kappa shape index (κ1) is 10.4. The van der Waals surface area contributed by atoms with Gasteiger partial charge in [0.2, 0.25) is 0 Å². The highest BCUT2D eigenvalue weighted by atomic mass is 35.5. The van der Waals surface area contributed by atoms with E-state index in [-0.39, 0.29) is 0 Å². The monoisotopic (exact) mass is 216 g/mol. The molecule has 0 fully saturated rings. The van der Waals surface area contributed by atoms with Crippen LogP contribution in [0.1, 0.15) is 12.5 Å². The molecule has 0 aliphatic carbocycles. The minimum atomic E-state index is 0.546. The van der Waals surface area contributed by atoms with Gasteiger partial charge in [-0.1, -0.05) is 29.3 Å². The molecule has 0 radical (unpaired) electrons. The average molecular weight is 217 g/mol. The van der Waals surface area contributed by atoms with Crippen LogP contribution in [-0.4, -0.2) is 12.8 Å². The highest BCUT2D eigenvalue weighted by molar-refractivity contribution is 6.42. The third kappa shape index (κ3) is 2.61. The summed E-state index contributed by atoms with van der Waals surface area (Å²) in [5.74, 6) is 0. The molecule has 0 unspecified atom stereocenters. The number of benzene rings is 1. The molecule has 0 aliphatic heterocycles. The van der Waals surface area contributed by atoms with E-state index >= 15 is 0 Å². The quantitative estimate of drug-likeness (QED) is 0.597. The van der Waals surface area contributed by atoms with Crippen LogP contribution in [0.5, 0.6) is 0 Å². The number of hydrogen-bond acceptors (Lipinski definition) is 2. The molecule has 2 nitrogen and oxygen atoms in total. The van der Waals surface area contributed by atoms with E-state index < -0.39 is 0 Å². The predicted molar refractivity (Wildman–Crippen MR) is 57.7 cm³/mol. The lowest BCUT2D eigenvalue weighted by atomic mass is 10.1. The van der Waals surface area contributed by atoms with Crippen LogP contribution in [0.3, 0.4) is 0 Å². The normalized spacial score (nSPS) is 11.5. The Morgan fingerprint density at radius 3 is 2.54 bits per heavy atom. The summed E-state index contributed by atoms with van der Waals surface area (Å²) in [5, 5.41) is 5.13. The van der Waals surface area contributed by atoms with Gasteiger partial charge in [0.25, 0.3) is 0 Å². The largest absolute Gasteiger partial charge is 0.313 e. The van der Waals surface area contributed by atoms with Crippen molar-refractivity contribution >= 4 is 28.9 Å². The average Bonchev–Trinajstić information content (AvgIpc) is 2.10. The Morgan fingerprint density at radius 1 is 1.31 bits per heavy atom. The number of halogens is 2. The van der Waals surface area contributed by atoms with Gasteiger partial charge in [-0.15, -0.1) is 0 Å². The van der Waals surface area contributed by atoms with Crippen molar-refractivity contribution in [3.63, 3.8) is 0 Å². The van der Waals surface area contributed by atoms with E-state index in [2.05, 4.69) is 10.5 Å². The van der Waals surface area contributed by atoms with Crippen molar-refractivity contribution in [3.05, 3.63) is 33.8 Å². The van der Waals surface area contributed by atoms with Crippen LogP contribution in [0.4, 0.5) is 0 Å². The minimum Gasteiger partial charge on any atom is -0.313 e. The number of nitrogens with one attached hydrogen (secondary N) is 1. The molecule has 1 rings (SSSR count). The summed E-state index contributed by atoms with van der Waals surface area (Å²) in [7, 11) is 1.75. The standard InChI is InChI=1S/C9H10Cl2N2/c1-6(13-12-2)7-3-4-8(10)9(11)5-7/h3-5,12H,1-2H3/b13-6-. The van der Waals surface area contributed by atoms with Crippen LogP contribution in [0.2, 0.25) is 10.0 Å². The summed E-state index contributed by atoms with van der Waals surface area (Å²) < 4.78 is 0. The topological polar surface area (TPSA) is 24.4 Å². The van der Waals surface area contributed by atoms with Crippen LogP contribution in [0.25, 0.3) is 0 Å². The van der Waals surface area contributed by atoms with E-state index in [0.29, 0.717) is 10.0 Å². The van der Waals surface area contributed by atoms with Crippen LogP contribution in [0, 0.1) is 0 Å². The Labute approximate surface area is 87.5 Å². The molecular formula is C9H10Cl2N2. The van der Waals surface area contributed by atoms with Gasteiger partial charge >= 0.3 is 0 Å². The second-order valence-corrected chi connectivity index (χ2v) is 3.36. The van der Waals surface area contributed by atoms with Crippen LogP contribution in [0.15, 0.2) is 23.3 Å². The van der Waals surface area contributed by atoms with Crippen molar-refractivity contribution in [1.29, 1.82) is 0 Å². The predicted octanol–water partition coefficient (Wildman–Crippen LogP) is 2.94. The third-order valence-corrected chi connectivity index (χ3v) is 2.36. The first-order chi connectivity index (χ1) is 6.15. The highest BCUT2D eigenvalue weighted by Gasteiger charge is 2.01. The SMILES string of the molecule is CN/N=C(/C)c1ccc(Cl)c(Cl)c1. The summed E-state index contributed by atoms with van der Waals surface area (Å²) in [4.78, 5) is 0. The molecule has 0 saturated heterocycles. The van der Waals surface area contributed by atoms with Crippen LogP contribution >= 0.6 is 23.2 Å². The lowest BCUT2D eigenvalue weighted by Gasteiger charge is -2.02. The summed E-state index contributed by atoms with van der Waals surface area (Å²) in [6.07, 6.45) is 0. The molecule has 1 aromatic carbocycles. The van der Waals surface area contributed by atoms with Gasteiger partial charge in [-0.25, -0.2) is 0 Å². The van der Waals surface area contributed by atoms with Gasteiger partial charge in [0, 0.05) is 7.05 Å². The Morgan fingerprint density at radius 2 is 2.00 bits per heavy atom. The molecule has 0 aliphatic rings. The second-order valence-electron chi connectivity index (χ2n) is 2.55. The van der Waals surface area contributed by atoms with Gasteiger partial charge in [-0.3, -0.25) is 0 Å². The van der Waals surface area contributed by atoms with Crippen molar-refractivity contribution in [2.24, 2.45) is 5.10 Å². The fourth-order valence-electron chi connectivity index (χ4n) is 0.953. The molecule has 0 heterocycles. The fourth-order valence-corrected chi connectivity index (χ4v) is 1.25. The Kier molecular flexibility index (Phi) is 3.58. The molecule has 0 bridgehead atoms. The number of rotatable bonds is 2. The maximum absolute atomic E-state index is 5.85. The van der Waals surface area contributed by atoms with E-state index in [4.69, 9.17) is 23.2 Å². The first-order valence-electron chi connectivity index (χ1n) is 3.81. The lowest BCUT2D eigenvalue weighted by molar-refractivity contribution is 0.900. The van der Waals surface area contributed by atoms with Gasteiger partial charge in [-0.05, 0) is 24.6 Å². The van der Waals surface area contributed by atoms with Gasteiger partial charge in [-0.2, -0.15) is 5.10 Å². The maximum atomic E-state index is 5.85. The van der Waals surface area contributed by atoms with E-state index in [9.17, 15) is 0 Å². The molecule has 0 aromatic heterocycles. The molecule has 13 heavy (non-hydrogen) atoms. The zero-order valence-corrected chi connectivity index (χ0v) is 8.95. The molecule has 1 N–H and O–H groups in total. The van der Waals surface area contributed by atoms with Gasteiger partial charge in [0.1, 0.15) is 0 Å². The van der Waals surface area contributed by atoms with Crippen molar-refractivity contribution in [2.45, 2.75) is 6.92 Å². The van der Waals surface area contributed by atoms with Crippen molar-refractivity contribution in [1.82, 2.24) is 5.43 Å². The number of hydrazone groups is 1. The van der Waals surface area contributed by atoms with Crippen molar-refractivity contribution < 1.29 is 0 Å². The molecule has 0 saturated carbocycles. The van der Waals surface area contributed by atoms with Crippen LogP contribution in [-0.2, 0) is 0 Å². The number of hydrogen-bond donors (Lipinski definition) is 1. The van der Waals surface area contributed by atoms with Crippen molar-refractivity contribution in [2.75, 3.05) is 7.05 Å². The molecule has 1 aromatic rings. The summed E-state index contributed by atoms with van der Waals surface area (Å²) in [6, 6.07) is 5.43. The summed E-state index contributed by atoms with van der Waals surface area (Å²) in [5.41, 5.74) is 4.55. The third-order valence-electron chi connectivity index (χ3n) is 1.62. The molecule has 0 atom stereocenters. The van der Waals surface area contributed by atoms with Crippen LogP contribution < -0.4 is 5.43 Å². The van der Waals surface area contributed by atoms with Gasteiger partial charge in [0.15, 0.2) is 0 Å². The Hall–Kier alpha value is -0.730. The van der Waals surface area contributed by atoms with E-state index in [1.165, 1.54) is 0 Å².